The summed E-state index contributed by atoms with van der Waals surface area (Å²) in [5.74, 6) is -2.78. The molecule has 0 saturated heterocycles. The fourth-order valence-corrected chi connectivity index (χ4v) is 4.03. The van der Waals surface area contributed by atoms with Gasteiger partial charge >= 0.3 is 0 Å². The molecule has 0 aliphatic heterocycles. The quantitative estimate of drug-likeness (QED) is 0.628. The molecule has 0 aromatic heterocycles. The third-order valence-electron chi connectivity index (χ3n) is 3.75. The molecule has 2 aromatic rings. The van der Waals surface area contributed by atoms with Crippen molar-refractivity contribution in [1.29, 1.82) is 0 Å². The highest BCUT2D eigenvalue weighted by molar-refractivity contribution is 7.99. The molecule has 0 spiro atoms. The number of alkyl halides is 2. The second kappa shape index (κ2) is 8.48. The Labute approximate surface area is 168 Å². The van der Waals surface area contributed by atoms with Crippen LogP contribution in [0.25, 0.3) is 0 Å². The van der Waals surface area contributed by atoms with E-state index in [1.807, 2.05) is 0 Å². The van der Waals surface area contributed by atoms with E-state index in [1.54, 1.807) is 39.8 Å². The predicted octanol–water partition coefficient (Wildman–Crippen LogP) is 5.10. The molecule has 0 aliphatic rings. The number of anilines is 2. The van der Waals surface area contributed by atoms with Gasteiger partial charge in [0.1, 0.15) is 0 Å². The average Bonchev–Trinajstić information content (AvgIpc) is 2.56. The number of sulfonamides is 1. The molecule has 0 atom stereocenters. The van der Waals surface area contributed by atoms with Gasteiger partial charge in [0, 0.05) is 21.7 Å². The van der Waals surface area contributed by atoms with Gasteiger partial charge in [0.05, 0.1) is 4.90 Å². The number of nitrogens with one attached hydrogen (secondary N) is 2. The number of aryl methyl sites for hydroxylation is 1. The second-order valence-corrected chi connectivity index (χ2v) is 9.91. The van der Waals surface area contributed by atoms with Crippen molar-refractivity contribution in [3.63, 3.8) is 0 Å². The van der Waals surface area contributed by atoms with Crippen molar-refractivity contribution in [2.45, 2.75) is 43.2 Å². The summed E-state index contributed by atoms with van der Waals surface area (Å²) < 4.78 is 52.7. The number of amides is 1. The molecule has 0 saturated carbocycles. The van der Waals surface area contributed by atoms with Crippen molar-refractivity contribution in [3.8, 4) is 0 Å². The lowest BCUT2D eigenvalue weighted by atomic mass is 9.95. The summed E-state index contributed by atoms with van der Waals surface area (Å²) in [5, 5.41) is 2.71. The van der Waals surface area contributed by atoms with Crippen LogP contribution in [0.3, 0.4) is 0 Å². The van der Waals surface area contributed by atoms with Crippen LogP contribution in [0.1, 0.15) is 26.3 Å². The zero-order valence-corrected chi connectivity index (χ0v) is 17.5. The molecule has 0 unspecified atom stereocenters. The number of hydrogen-bond donors (Lipinski definition) is 2. The molecule has 0 heterocycles. The highest BCUT2D eigenvalue weighted by Gasteiger charge is 2.23. The van der Waals surface area contributed by atoms with Gasteiger partial charge in [0.15, 0.2) is 0 Å². The predicted molar refractivity (Wildman–Crippen MR) is 108 cm³/mol. The smallest absolute Gasteiger partial charge is 0.288 e. The monoisotopic (exact) mass is 428 g/mol. The molecule has 28 heavy (non-hydrogen) atoms. The van der Waals surface area contributed by atoms with E-state index in [0.717, 1.165) is 0 Å². The minimum absolute atomic E-state index is 0.0187. The van der Waals surface area contributed by atoms with Crippen LogP contribution in [-0.2, 0) is 14.8 Å². The number of carbonyl (C=O) groups excluding carboxylic acids is 1. The van der Waals surface area contributed by atoms with Crippen LogP contribution in [0.2, 0.25) is 0 Å². The first kappa shape index (κ1) is 22.2. The molecule has 2 rings (SSSR count). The zero-order chi connectivity index (χ0) is 21.1. The molecule has 5 nitrogen and oxygen atoms in total. The molecule has 2 aromatic carbocycles. The standard InChI is InChI=1S/C19H22F2N2O3S2/c1-12-5-6-14(22-17(24)19(2,3)4)11-16(12)28(25,26)23-13-7-9-15(10-8-13)27-18(20)21/h5-11,18,23H,1-4H3,(H,22,24). The Bertz CT molecular complexity index is 954. The van der Waals surface area contributed by atoms with Gasteiger partial charge in [0.25, 0.3) is 15.8 Å². The number of rotatable bonds is 6. The molecule has 9 heteroatoms. The number of thioether (sulfide) groups is 1. The van der Waals surface area contributed by atoms with E-state index < -0.39 is 21.2 Å². The lowest BCUT2D eigenvalue weighted by molar-refractivity contribution is -0.123. The third-order valence-corrected chi connectivity index (χ3v) is 5.99. The number of benzene rings is 2. The van der Waals surface area contributed by atoms with E-state index >= 15 is 0 Å². The number of hydrogen-bond acceptors (Lipinski definition) is 4. The van der Waals surface area contributed by atoms with Crippen LogP contribution in [0.4, 0.5) is 20.2 Å². The van der Waals surface area contributed by atoms with Gasteiger partial charge in [-0.3, -0.25) is 9.52 Å². The summed E-state index contributed by atoms with van der Waals surface area (Å²) in [6, 6.07) is 10.3. The maximum Gasteiger partial charge on any atom is 0.288 e. The molecular weight excluding hydrogens is 406 g/mol. The summed E-state index contributed by atoms with van der Waals surface area (Å²) >= 11 is 0.383. The van der Waals surface area contributed by atoms with E-state index in [4.69, 9.17) is 0 Å². The van der Waals surface area contributed by atoms with E-state index in [2.05, 4.69) is 10.0 Å². The number of carbonyl (C=O) groups is 1. The van der Waals surface area contributed by atoms with Gasteiger partial charge in [-0.15, -0.1) is 0 Å². The van der Waals surface area contributed by atoms with Gasteiger partial charge < -0.3 is 5.32 Å². The maximum absolute atomic E-state index is 12.8. The fraction of sp³-hybridized carbons (Fsp3) is 0.316. The van der Waals surface area contributed by atoms with Crippen molar-refractivity contribution in [3.05, 3.63) is 48.0 Å². The van der Waals surface area contributed by atoms with E-state index in [-0.39, 0.29) is 16.5 Å². The molecule has 0 aliphatic carbocycles. The Morgan fingerprint density at radius 3 is 2.14 bits per heavy atom. The largest absolute Gasteiger partial charge is 0.326 e. The van der Waals surface area contributed by atoms with Gasteiger partial charge in [-0.05, 0) is 48.9 Å². The van der Waals surface area contributed by atoms with Crippen LogP contribution in [-0.4, -0.2) is 20.1 Å². The molecule has 2 N–H and O–H groups in total. The third kappa shape index (κ3) is 5.93. The zero-order valence-electron chi connectivity index (χ0n) is 15.9. The minimum atomic E-state index is -3.93. The molecule has 1 amide bonds. The highest BCUT2D eigenvalue weighted by atomic mass is 32.2. The summed E-state index contributed by atoms with van der Waals surface area (Å²) in [6.07, 6.45) is 0. The van der Waals surface area contributed by atoms with Crippen molar-refractivity contribution in [1.82, 2.24) is 0 Å². The molecular formula is C19H22F2N2O3S2. The Hall–Kier alpha value is -2.13. The normalized spacial score (nSPS) is 12.1. The van der Waals surface area contributed by atoms with Crippen LogP contribution in [0.15, 0.2) is 52.3 Å². The maximum atomic E-state index is 12.8. The van der Waals surface area contributed by atoms with Gasteiger partial charge in [-0.2, -0.15) is 8.78 Å². The molecule has 0 bridgehead atoms. The first-order valence-electron chi connectivity index (χ1n) is 8.38. The lowest BCUT2D eigenvalue weighted by Gasteiger charge is -2.18. The Balaban J connectivity index is 2.25. The van der Waals surface area contributed by atoms with E-state index in [9.17, 15) is 22.0 Å². The summed E-state index contributed by atoms with van der Waals surface area (Å²) in [5.41, 5.74) is 0.503. The average molecular weight is 429 g/mol. The van der Waals surface area contributed by atoms with E-state index in [0.29, 0.717) is 27.9 Å². The summed E-state index contributed by atoms with van der Waals surface area (Å²) in [6.45, 7) is 6.91. The Morgan fingerprint density at radius 1 is 1.04 bits per heavy atom. The Kier molecular flexibility index (Phi) is 6.71. The number of halogens is 2. The van der Waals surface area contributed by atoms with E-state index in [1.165, 1.54) is 30.3 Å². The topological polar surface area (TPSA) is 75.3 Å². The van der Waals surface area contributed by atoms with Crippen molar-refractivity contribution < 1.29 is 22.0 Å². The highest BCUT2D eigenvalue weighted by Crippen LogP contribution is 2.28. The van der Waals surface area contributed by atoms with Crippen molar-refractivity contribution >= 4 is 39.1 Å². The SMILES string of the molecule is Cc1ccc(NC(=O)C(C)(C)C)cc1S(=O)(=O)Nc1ccc(SC(F)F)cc1. The molecule has 0 radical (unpaired) electrons. The first-order chi connectivity index (χ1) is 12.9. The minimum Gasteiger partial charge on any atom is -0.326 e. The van der Waals surface area contributed by atoms with Crippen molar-refractivity contribution in [2.75, 3.05) is 10.0 Å². The van der Waals surface area contributed by atoms with Crippen LogP contribution in [0, 0.1) is 12.3 Å². The van der Waals surface area contributed by atoms with Crippen LogP contribution in [0.5, 0.6) is 0 Å². The van der Waals surface area contributed by atoms with Gasteiger partial charge in [-0.25, -0.2) is 8.42 Å². The lowest BCUT2D eigenvalue weighted by Crippen LogP contribution is -2.27. The summed E-state index contributed by atoms with van der Waals surface area (Å²) in [4.78, 5) is 12.5. The molecule has 152 valence electrons. The van der Waals surface area contributed by atoms with Gasteiger partial charge in [0.2, 0.25) is 5.91 Å². The Morgan fingerprint density at radius 2 is 1.61 bits per heavy atom. The van der Waals surface area contributed by atoms with Gasteiger partial charge in [-0.1, -0.05) is 38.6 Å². The van der Waals surface area contributed by atoms with Crippen LogP contribution >= 0.6 is 11.8 Å². The second-order valence-electron chi connectivity index (χ2n) is 7.19. The van der Waals surface area contributed by atoms with Crippen LogP contribution < -0.4 is 10.0 Å². The fourth-order valence-electron chi connectivity index (χ4n) is 2.20. The first-order valence-corrected chi connectivity index (χ1v) is 10.7. The molecule has 0 fully saturated rings. The van der Waals surface area contributed by atoms with Crippen molar-refractivity contribution in [2.24, 2.45) is 5.41 Å². The summed E-state index contributed by atoms with van der Waals surface area (Å²) in [7, 11) is -3.93.